The Morgan fingerprint density at radius 2 is 1.76 bits per heavy atom. The van der Waals surface area contributed by atoms with E-state index in [1.807, 2.05) is 60.0 Å². The number of hydrogen-bond acceptors (Lipinski definition) is 3. The van der Waals surface area contributed by atoms with E-state index in [2.05, 4.69) is 22.5 Å². The first kappa shape index (κ1) is 20.6. The molecule has 0 aliphatic rings. The van der Waals surface area contributed by atoms with E-state index in [0.717, 1.165) is 35.3 Å². The third kappa shape index (κ3) is 5.22. The second-order valence-electron chi connectivity index (χ2n) is 7.13. The van der Waals surface area contributed by atoms with Crippen molar-refractivity contribution in [2.45, 2.75) is 39.7 Å². The molecule has 0 aliphatic carbocycles. The maximum absolute atomic E-state index is 12.4. The number of aromatic nitrogens is 2. The zero-order chi connectivity index (χ0) is 20.6. The molecule has 2 N–H and O–H groups in total. The van der Waals surface area contributed by atoms with Gasteiger partial charge < -0.3 is 15.2 Å². The van der Waals surface area contributed by atoms with E-state index in [-0.39, 0.29) is 18.4 Å². The zero-order valence-electron chi connectivity index (χ0n) is 17.1. The lowest BCUT2D eigenvalue weighted by molar-refractivity contribution is -0.121. The van der Waals surface area contributed by atoms with Crippen LogP contribution in [0.5, 0.6) is 0 Å². The van der Waals surface area contributed by atoms with Gasteiger partial charge in [-0.05, 0) is 37.1 Å². The lowest BCUT2D eigenvalue weighted by Crippen LogP contribution is -2.30. The molecule has 2 aromatic carbocycles. The van der Waals surface area contributed by atoms with Crippen molar-refractivity contribution in [3.05, 3.63) is 65.5 Å². The Morgan fingerprint density at radius 3 is 2.55 bits per heavy atom. The normalized spacial score (nSPS) is 10.8. The van der Waals surface area contributed by atoms with Crippen LogP contribution in [0.3, 0.4) is 0 Å². The van der Waals surface area contributed by atoms with Crippen molar-refractivity contribution in [2.24, 2.45) is 0 Å². The number of aryl methyl sites for hydroxylation is 1. The third-order valence-corrected chi connectivity index (χ3v) is 4.91. The van der Waals surface area contributed by atoms with Gasteiger partial charge in [-0.2, -0.15) is 0 Å². The number of para-hydroxylation sites is 2. The SMILES string of the molecule is CCCCNC(=O)Cn1c(CCNC(=O)c2ccccc2C)nc2ccccc21. The van der Waals surface area contributed by atoms with Crippen molar-refractivity contribution in [1.29, 1.82) is 0 Å². The van der Waals surface area contributed by atoms with Crippen LogP contribution in [0.1, 0.15) is 41.5 Å². The Bertz CT molecular complexity index is 993. The Balaban J connectivity index is 1.69. The summed E-state index contributed by atoms with van der Waals surface area (Å²) in [5, 5.41) is 5.92. The lowest BCUT2D eigenvalue weighted by atomic mass is 10.1. The summed E-state index contributed by atoms with van der Waals surface area (Å²) < 4.78 is 1.94. The smallest absolute Gasteiger partial charge is 0.251 e. The summed E-state index contributed by atoms with van der Waals surface area (Å²) in [6.07, 6.45) is 2.56. The van der Waals surface area contributed by atoms with E-state index in [1.54, 1.807) is 0 Å². The van der Waals surface area contributed by atoms with E-state index in [9.17, 15) is 9.59 Å². The number of fused-ring (bicyclic) bond motifs is 1. The molecule has 29 heavy (non-hydrogen) atoms. The van der Waals surface area contributed by atoms with Crippen LogP contribution >= 0.6 is 0 Å². The predicted octanol–water partition coefficient (Wildman–Crippen LogP) is 3.23. The summed E-state index contributed by atoms with van der Waals surface area (Å²) in [5.74, 6) is 0.678. The van der Waals surface area contributed by atoms with Crippen molar-refractivity contribution >= 4 is 22.8 Å². The van der Waals surface area contributed by atoms with E-state index in [4.69, 9.17) is 0 Å². The van der Waals surface area contributed by atoms with E-state index in [0.29, 0.717) is 25.1 Å². The number of amides is 2. The van der Waals surface area contributed by atoms with Crippen molar-refractivity contribution in [3.8, 4) is 0 Å². The maximum atomic E-state index is 12.4. The van der Waals surface area contributed by atoms with Crippen LogP contribution in [0.15, 0.2) is 48.5 Å². The van der Waals surface area contributed by atoms with Gasteiger partial charge in [-0.3, -0.25) is 9.59 Å². The average molecular weight is 393 g/mol. The second-order valence-corrected chi connectivity index (χ2v) is 7.13. The third-order valence-electron chi connectivity index (χ3n) is 4.91. The number of carbonyl (C=O) groups is 2. The summed E-state index contributed by atoms with van der Waals surface area (Å²) in [4.78, 5) is 29.5. The molecule has 1 heterocycles. The molecular weight excluding hydrogens is 364 g/mol. The summed E-state index contributed by atoms with van der Waals surface area (Å²) >= 11 is 0. The molecule has 6 heteroatoms. The highest BCUT2D eigenvalue weighted by molar-refractivity contribution is 5.95. The minimum absolute atomic E-state index is 0.0215. The number of nitrogens with zero attached hydrogens (tertiary/aromatic N) is 2. The summed E-state index contributed by atoms with van der Waals surface area (Å²) in [7, 11) is 0. The minimum atomic E-state index is -0.0944. The van der Waals surface area contributed by atoms with Gasteiger partial charge >= 0.3 is 0 Å². The number of unbranched alkanes of at least 4 members (excludes halogenated alkanes) is 1. The molecule has 1 aromatic heterocycles. The van der Waals surface area contributed by atoms with Gasteiger partial charge in [-0.15, -0.1) is 0 Å². The number of hydrogen-bond donors (Lipinski definition) is 2. The fraction of sp³-hybridized carbons (Fsp3) is 0.348. The first-order valence-electron chi connectivity index (χ1n) is 10.1. The number of carbonyl (C=O) groups excluding carboxylic acids is 2. The standard InChI is InChI=1S/C23H28N4O2/c1-3-4-14-24-22(28)16-27-20-12-8-7-11-19(20)26-21(27)13-15-25-23(29)18-10-6-5-9-17(18)2/h5-12H,3-4,13-16H2,1-2H3,(H,24,28)(H,25,29). The number of nitrogens with one attached hydrogen (secondary N) is 2. The number of rotatable bonds is 9. The van der Waals surface area contributed by atoms with Crippen LogP contribution in [-0.4, -0.2) is 34.5 Å². The van der Waals surface area contributed by atoms with Crippen molar-refractivity contribution in [3.63, 3.8) is 0 Å². The van der Waals surface area contributed by atoms with Crippen molar-refractivity contribution in [1.82, 2.24) is 20.2 Å². The van der Waals surface area contributed by atoms with E-state index >= 15 is 0 Å². The molecule has 0 spiro atoms. The van der Waals surface area contributed by atoms with E-state index in [1.165, 1.54) is 0 Å². The quantitative estimate of drug-likeness (QED) is 0.549. The number of imidazole rings is 1. The topological polar surface area (TPSA) is 76.0 Å². The van der Waals surface area contributed by atoms with Gasteiger partial charge in [0.05, 0.1) is 11.0 Å². The Kier molecular flexibility index (Phi) is 7.00. The first-order valence-corrected chi connectivity index (χ1v) is 10.1. The maximum Gasteiger partial charge on any atom is 0.251 e. The summed E-state index contributed by atoms with van der Waals surface area (Å²) in [6, 6.07) is 15.3. The molecule has 152 valence electrons. The van der Waals surface area contributed by atoms with Gasteiger partial charge in [0, 0.05) is 25.1 Å². The zero-order valence-corrected chi connectivity index (χ0v) is 17.1. The van der Waals surface area contributed by atoms with Crippen molar-refractivity contribution in [2.75, 3.05) is 13.1 Å². The van der Waals surface area contributed by atoms with Gasteiger partial charge in [-0.1, -0.05) is 43.7 Å². The Hall–Kier alpha value is -3.15. The van der Waals surface area contributed by atoms with Gasteiger partial charge in [0.1, 0.15) is 12.4 Å². The monoisotopic (exact) mass is 392 g/mol. The molecule has 0 radical (unpaired) electrons. The average Bonchev–Trinajstić information content (AvgIpc) is 3.06. The lowest BCUT2D eigenvalue weighted by Gasteiger charge is -2.11. The van der Waals surface area contributed by atoms with Crippen molar-refractivity contribution < 1.29 is 9.59 Å². The van der Waals surface area contributed by atoms with Crippen LogP contribution < -0.4 is 10.6 Å². The molecule has 3 rings (SSSR count). The van der Waals surface area contributed by atoms with Gasteiger partial charge in [-0.25, -0.2) is 4.98 Å². The highest BCUT2D eigenvalue weighted by Crippen LogP contribution is 2.16. The largest absolute Gasteiger partial charge is 0.355 e. The molecule has 3 aromatic rings. The molecule has 0 atom stereocenters. The first-order chi connectivity index (χ1) is 14.1. The van der Waals surface area contributed by atoms with Gasteiger partial charge in [0.25, 0.3) is 5.91 Å². The van der Waals surface area contributed by atoms with E-state index < -0.39 is 0 Å². The Morgan fingerprint density at radius 1 is 1.00 bits per heavy atom. The summed E-state index contributed by atoms with van der Waals surface area (Å²) in [6.45, 7) is 5.38. The van der Waals surface area contributed by atoms with Crippen LogP contribution in [0, 0.1) is 6.92 Å². The molecule has 0 aliphatic heterocycles. The Labute approximate surface area is 171 Å². The number of benzene rings is 2. The highest BCUT2D eigenvalue weighted by atomic mass is 16.2. The van der Waals surface area contributed by atoms with Crippen LogP contribution in [0.25, 0.3) is 11.0 Å². The molecule has 0 unspecified atom stereocenters. The molecule has 0 fully saturated rings. The molecular formula is C23H28N4O2. The molecule has 0 saturated heterocycles. The van der Waals surface area contributed by atoms with Gasteiger partial charge in [0.15, 0.2) is 0 Å². The highest BCUT2D eigenvalue weighted by Gasteiger charge is 2.14. The molecule has 6 nitrogen and oxygen atoms in total. The minimum Gasteiger partial charge on any atom is -0.355 e. The summed E-state index contributed by atoms with van der Waals surface area (Å²) in [5.41, 5.74) is 3.41. The fourth-order valence-corrected chi connectivity index (χ4v) is 3.31. The molecule has 0 bridgehead atoms. The molecule has 0 saturated carbocycles. The predicted molar refractivity (Wildman–Crippen MR) is 115 cm³/mol. The molecule has 2 amide bonds. The van der Waals surface area contributed by atoms with Gasteiger partial charge in [0.2, 0.25) is 5.91 Å². The van der Waals surface area contributed by atoms with Crippen LogP contribution in [0.4, 0.5) is 0 Å². The second kappa shape index (κ2) is 9.87. The van der Waals surface area contributed by atoms with Crippen LogP contribution in [0.2, 0.25) is 0 Å². The van der Waals surface area contributed by atoms with Crippen LogP contribution in [-0.2, 0) is 17.8 Å². The fourth-order valence-electron chi connectivity index (χ4n) is 3.31.